The summed E-state index contributed by atoms with van der Waals surface area (Å²) in [5, 5.41) is 13.6. The number of hydrogen-bond donors (Lipinski definition) is 0. The quantitative estimate of drug-likeness (QED) is 0.422. The van der Waals surface area contributed by atoms with Crippen LogP contribution >= 0.6 is 23.2 Å². The maximum atomic E-state index is 13.5. The van der Waals surface area contributed by atoms with Crippen LogP contribution < -0.4 is 0 Å². The van der Waals surface area contributed by atoms with E-state index in [1.54, 1.807) is 35.5 Å². The number of carbonyl (C=O) groups is 1. The van der Waals surface area contributed by atoms with E-state index in [0.717, 1.165) is 24.0 Å². The summed E-state index contributed by atoms with van der Waals surface area (Å²) in [4.78, 5) is 21.3. The van der Waals surface area contributed by atoms with Crippen molar-refractivity contribution in [1.82, 2.24) is 30.0 Å². The Morgan fingerprint density at radius 3 is 2.78 bits per heavy atom. The summed E-state index contributed by atoms with van der Waals surface area (Å²) in [5.41, 5.74) is 2.63. The van der Waals surface area contributed by atoms with Crippen molar-refractivity contribution in [3.05, 3.63) is 75.9 Å². The van der Waals surface area contributed by atoms with E-state index in [-0.39, 0.29) is 11.9 Å². The van der Waals surface area contributed by atoms with Crippen molar-refractivity contribution in [3.63, 3.8) is 0 Å². The zero-order valence-electron chi connectivity index (χ0n) is 17.1. The third-order valence-electron chi connectivity index (χ3n) is 5.57. The highest BCUT2D eigenvalue weighted by atomic mass is 35.5. The highest BCUT2D eigenvalue weighted by Gasteiger charge is 2.36. The first kappa shape index (κ1) is 20.7. The van der Waals surface area contributed by atoms with E-state index < -0.39 is 0 Å². The lowest BCUT2D eigenvalue weighted by Crippen LogP contribution is -2.31. The lowest BCUT2D eigenvalue weighted by Gasteiger charge is -2.23. The maximum absolute atomic E-state index is 13.5. The molecule has 1 aliphatic rings. The fourth-order valence-corrected chi connectivity index (χ4v) is 4.28. The van der Waals surface area contributed by atoms with Crippen molar-refractivity contribution >= 4 is 29.1 Å². The summed E-state index contributed by atoms with van der Waals surface area (Å²) < 4.78 is 5.59. The van der Waals surface area contributed by atoms with Crippen molar-refractivity contribution in [2.24, 2.45) is 0 Å². The van der Waals surface area contributed by atoms with E-state index >= 15 is 0 Å². The molecule has 10 heteroatoms. The molecule has 0 radical (unpaired) electrons. The average Bonchev–Trinajstić information content (AvgIpc) is 3.55. The topological polar surface area (TPSA) is 89.9 Å². The van der Waals surface area contributed by atoms with Crippen molar-refractivity contribution < 1.29 is 9.32 Å². The van der Waals surface area contributed by atoms with Crippen LogP contribution in [0.25, 0.3) is 17.1 Å². The maximum Gasteiger partial charge on any atom is 0.256 e. The second-order valence-electron chi connectivity index (χ2n) is 7.51. The van der Waals surface area contributed by atoms with Gasteiger partial charge in [-0.2, -0.15) is 20.0 Å². The van der Waals surface area contributed by atoms with Gasteiger partial charge in [0.2, 0.25) is 11.7 Å². The lowest BCUT2D eigenvalue weighted by atomic mass is 10.1. The minimum absolute atomic E-state index is 0.171. The number of amides is 1. The van der Waals surface area contributed by atoms with Gasteiger partial charge in [-0.1, -0.05) is 40.5 Å². The number of nitrogens with zero attached hydrogens (tertiary/aromatic N) is 6. The molecule has 1 atom stereocenters. The van der Waals surface area contributed by atoms with Crippen LogP contribution in [0.1, 0.15) is 40.7 Å². The fourth-order valence-electron chi connectivity index (χ4n) is 3.94. The Balaban J connectivity index is 1.47. The Labute approximate surface area is 193 Å². The minimum Gasteiger partial charge on any atom is -0.337 e. The van der Waals surface area contributed by atoms with Crippen molar-refractivity contribution in [3.8, 4) is 17.1 Å². The van der Waals surface area contributed by atoms with Crippen LogP contribution in [0.2, 0.25) is 10.0 Å². The predicted molar refractivity (Wildman–Crippen MR) is 119 cm³/mol. The van der Waals surface area contributed by atoms with Gasteiger partial charge < -0.3 is 9.42 Å². The Morgan fingerprint density at radius 1 is 1.16 bits per heavy atom. The number of halogens is 2. The molecule has 2 aromatic heterocycles. The molecule has 2 aromatic carbocycles. The molecule has 1 aliphatic heterocycles. The summed E-state index contributed by atoms with van der Waals surface area (Å²) in [6.07, 6.45) is 4.65. The number of hydrogen-bond acceptors (Lipinski definition) is 6. The van der Waals surface area contributed by atoms with Crippen LogP contribution in [0.4, 0.5) is 0 Å². The molecule has 0 spiro atoms. The van der Waals surface area contributed by atoms with E-state index in [4.69, 9.17) is 27.7 Å². The molecule has 0 aliphatic carbocycles. The third kappa shape index (κ3) is 3.65. The van der Waals surface area contributed by atoms with Crippen LogP contribution in [0.15, 0.2) is 53.3 Å². The number of rotatable bonds is 4. The summed E-state index contributed by atoms with van der Waals surface area (Å²) in [7, 11) is 0. The second-order valence-corrected chi connectivity index (χ2v) is 8.35. The minimum atomic E-state index is -0.322. The number of aromatic nitrogens is 5. The van der Waals surface area contributed by atoms with E-state index in [1.165, 1.54) is 4.80 Å². The zero-order valence-corrected chi connectivity index (χ0v) is 18.6. The molecule has 162 valence electrons. The van der Waals surface area contributed by atoms with Gasteiger partial charge >= 0.3 is 0 Å². The van der Waals surface area contributed by atoms with Crippen molar-refractivity contribution in [2.75, 3.05) is 6.54 Å². The smallest absolute Gasteiger partial charge is 0.256 e. The van der Waals surface area contributed by atoms with Gasteiger partial charge in [-0.15, -0.1) is 0 Å². The molecule has 1 amide bonds. The van der Waals surface area contributed by atoms with E-state index in [0.29, 0.717) is 39.6 Å². The molecule has 0 saturated carbocycles. The molecule has 3 heterocycles. The first-order valence-electron chi connectivity index (χ1n) is 10.1. The van der Waals surface area contributed by atoms with Gasteiger partial charge in [-0.25, -0.2) is 0 Å². The second kappa shape index (κ2) is 8.37. The molecule has 5 rings (SSSR count). The van der Waals surface area contributed by atoms with Crippen LogP contribution in [0.5, 0.6) is 0 Å². The molecule has 1 unspecified atom stereocenters. The van der Waals surface area contributed by atoms with Gasteiger partial charge in [0.25, 0.3) is 5.91 Å². The molecule has 1 fully saturated rings. The third-order valence-corrected chi connectivity index (χ3v) is 6.22. The van der Waals surface area contributed by atoms with Gasteiger partial charge in [0.05, 0.1) is 23.6 Å². The lowest BCUT2D eigenvalue weighted by molar-refractivity contribution is 0.0709. The Morgan fingerprint density at radius 2 is 1.97 bits per heavy atom. The van der Waals surface area contributed by atoms with Crippen molar-refractivity contribution in [1.29, 1.82) is 0 Å². The molecule has 8 nitrogen and oxygen atoms in total. The summed E-state index contributed by atoms with van der Waals surface area (Å²) in [6, 6.07) is 10.3. The summed E-state index contributed by atoms with van der Waals surface area (Å²) in [6.45, 7) is 2.48. The van der Waals surface area contributed by atoms with E-state index in [9.17, 15) is 4.79 Å². The van der Waals surface area contributed by atoms with Gasteiger partial charge in [-0.3, -0.25) is 4.79 Å². The standard InChI is InChI=1S/C22H18Cl2N6O2/c1-13-15(4-2-5-17(13)24)20-27-21(32-28-20)18-6-3-11-29(18)22(31)16-8-7-14(23)12-19(16)30-25-9-10-26-30/h2,4-5,7-10,12,18H,3,6,11H2,1H3. The van der Waals surface area contributed by atoms with Gasteiger partial charge in [0.15, 0.2) is 0 Å². The normalized spacial score (nSPS) is 16.0. The molecule has 1 saturated heterocycles. The molecule has 4 aromatic rings. The van der Waals surface area contributed by atoms with E-state index in [2.05, 4.69) is 20.3 Å². The summed E-state index contributed by atoms with van der Waals surface area (Å²) in [5.74, 6) is 0.681. The number of carbonyl (C=O) groups excluding carboxylic acids is 1. The Kier molecular flexibility index (Phi) is 5.40. The predicted octanol–water partition coefficient (Wildman–Crippen LogP) is 4.91. The van der Waals surface area contributed by atoms with Gasteiger partial charge in [-0.05, 0) is 49.6 Å². The molecular weight excluding hydrogens is 451 g/mol. The largest absolute Gasteiger partial charge is 0.337 e. The monoisotopic (exact) mass is 468 g/mol. The highest BCUT2D eigenvalue weighted by molar-refractivity contribution is 6.31. The zero-order chi connectivity index (χ0) is 22.2. The first-order chi connectivity index (χ1) is 15.5. The fraction of sp³-hybridized carbons (Fsp3) is 0.227. The van der Waals surface area contributed by atoms with Crippen LogP contribution in [-0.4, -0.2) is 42.5 Å². The molecule has 0 bridgehead atoms. The molecular formula is C22H18Cl2N6O2. The van der Waals surface area contributed by atoms with Gasteiger partial charge in [0.1, 0.15) is 6.04 Å². The van der Waals surface area contributed by atoms with Crippen LogP contribution in [0, 0.1) is 6.92 Å². The van der Waals surface area contributed by atoms with Crippen LogP contribution in [-0.2, 0) is 0 Å². The molecule has 32 heavy (non-hydrogen) atoms. The highest BCUT2D eigenvalue weighted by Crippen LogP contribution is 2.35. The van der Waals surface area contributed by atoms with Crippen LogP contribution in [0.3, 0.4) is 0 Å². The summed E-state index contributed by atoms with van der Waals surface area (Å²) >= 11 is 12.4. The average molecular weight is 469 g/mol. The van der Waals surface area contributed by atoms with Gasteiger partial charge in [0, 0.05) is 22.2 Å². The van der Waals surface area contributed by atoms with Crippen molar-refractivity contribution in [2.45, 2.75) is 25.8 Å². The SMILES string of the molecule is Cc1c(Cl)cccc1-c1noc(C2CCCN2C(=O)c2ccc(Cl)cc2-n2nccn2)n1. The molecule has 0 N–H and O–H groups in total. The number of likely N-dealkylation sites (tertiary alicyclic amines) is 1. The van der Waals surface area contributed by atoms with E-state index in [1.807, 2.05) is 25.1 Å². The first-order valence-corrected chi connectivity index (χ1v) is 10.8. The Hall–Kier alpha value is -3.23. The number of benzene rings is 2. The Bertz CT molecular complexity index is 1290.